The Labute approximate surface area is 233 Å². The summed E-state index contributed by atoms with van der Waals surface area (Å²) in [6.45, 7) is 1.88. The van der Waals surface area contributed by atoms with Crippen molar-refractivity contribution in [1.29, 1.82) is 0 Å². The zero-order valence-corrected chi connectivity index (χ0v) is 21.8. The number of rotatable bonds is 3. The van der Waals surface area contributed by atoms with Gasteiger partial charge in [-0.2, -0.15) is 13.2 Å². The second-order valence-corrected chi connectivity index (χ2v) is 11.0. The van der Waals surface area contributed by atoms with E-state index in [1.165, 1.54) is 47.4 Å². The molecule has 1 N–H and O–H groups in total. The minimum atomic E-state index is -4.63. The van der Waals surface area contributed by atoms with Gasteiger partial charge in [0, 0.05) is 17.4 Å². The SMILES string of the molecule is C[C@@]12C(=O)N(c3ccc(C(=O)Nc4ccccc4C(F)(F)F)cc3)C(=O)[C@@H]1C1c3ccccc3C2c2ccccc21. The van der Waals surface area contributed by atoms with E-state index in [9.17, 15) is 27.6 Å². The van der Waals surface area contributed by atoms with E-state index in [0.29, 0.717) is 5.69 Å². The molecule has 2 bridgehead atoms. The molecule has 0 saturated carbocycles. The number of hydrogen-bond donors (Lipinski definition) is 1. The van der Waals surface area contributed by atoms with Crippen molar-refractivity contribution in [2.75, 3.05) is 10.2 Å². The molecule has 5 nitrogen and oxygen atoms in total. The van der Waals surface area contributed by atoms with Crippen molar-refractivity contribution in [2.24, 2.45) is 11.3 Å². The Kier molecular flexibility index (Phi) is 5.32. The first kappa shape index (κ1) is 25.3. The van der Waals surface area contributed by atoms with Crippen molar-refractivity contribution in [3.63, 3.8) is 0 Å². The van der Waals surface area contributed by atoms with Gasteiger partial charge in [0.1, 0.15) is 0 Å². The molecular weight excluding hydrogens is 529 g/mol. The summed E-state index contributed by atoms with van der Waals surface area (Å²) >= 11 is 0. The van der Waals surface area contributed by atoms with Crippen molar-refractivity contribution in [3.05, 3.63) is 130 Å². The summed E-state index contributed by atoms with van der Waals surface area (Å²) in [5.74, 6) is -2.48. The van der Waals surface area contributed by atoms with Crippen molar-refractivity contribution in [3.8, 4) is 0 Å². The molecule has 8 rings (SSSR count). The number of halogens is 3. The van der Waals surface area contributed by atoms with Crippen LogP contribution in [0.1, 0.15) is 56.9 Å². The predicted octanol–water partition coefficient (Wildman–Crippen LogP) is 6.74. The highest BCUT2D eigenvalue weighted by Gasteiger charge is 2.68. The summed E-state index contributed by atoms with van der Waals surface area (Å²) in [5, 5.41) is 2.32. The van der Waals surface area contributed by atoms with Gasteiger partial charge < -0.3 is 5.32 Å². The topological polar surface area (TPSA) is 66.5 Å². The van der Waals surface area contributed by atoms with Gasteiger partial charge in [-0.3, -0.25) is 14.4 Å². The van der Waals surface area contributed by atoms with E-state index in [2.05, 4.69) is 5.32 Å². The predicted molar refractivity (Wildman–Crippen MR) is 146 cm³/mol. The van der Waals surface area contributed by atoms with Gasteiger partial charge in [0.05, 0.1) is 28.3 Å². The summed E-state index contributed by atoms with van der Waals surface area (Å²) in [6, 6.07) is 26.5. The molecule has 4 aromatic rings. The largest absolute Gasteiger partial charge is 0.418 e. The highest BCUT2D eigenvalue weighted by molar-refractivity contribution is 6.25. The molecule has 0 aromatic heterocycles. The second-order valence-electron chi connectivity index (χ2n) is 11.0. The molecule has 0 spiro atoms. The van der Waals surface area contributed by atoms with Crippen LogP contribution in [0.25, 0.3) is 0 Å². The molecule has 8 heteroatoms. The van der Waals surface area contributed by atoms with Gasteiger partial charge in [-0.1, -0.05) is 60.7 Å². The van der Waals surface area contributed by atoms with Gasteiger partial charge in [-0.15, -0.1) is 0 Å². The third kappa shape index (κ3) is 3.46. The molecular formula is C33H23F3N2O3. The quantitative estimate of drug-likeness (QED) is 0.286. The second kappa shape index (κ2) is 8.64. The van der Waals surface area contributed by atoms with Crippen LogP contribution in [0.15, 0.2) is 97.1 Å². The molecule has 3 aliphatic carbocycles. The summed E-state index contributed by atoms with van der Waals surface area (Å²) in [4.78, 5) is 42.3. The van der Waals surface area contributed by atoms with Crippen LogP contribution < -0.4 is 10.2 Å². The van der Waals surface area contributed by atoms with Crippen LogP contribution in [0.2, 0.25) is 0 Å². The number of alkyl halides is 3. The van der Waals surface area contributed by atoms with Crippen LogP contribution in [0, 0.1) is 11.3 Å². The number of amides is 3. The van der Waals surface area contributed by atoms with E-state index in [0.717, 1.165) is 28.3 Å². The number of carbonyl (C=O) groups is 3. The normalized spacial score (nSPS) is 24.1. The van der Waals surface area contributed by atoms with Gasteiger partial charge in [0.25, 0.3) is 5.91 Å². The number of nitrogens with zero attached hydrogens (tertiary/aromatic N) is 1. The first-order valence-corrected chi connectivity index (χ1v) is 13.3. The number of carbonyl (C=O) groups excluding carboxylic acids is 3. The maximum Gasteiger partial charge on any atom is 0.418 e. The Hall–Kier alpha value is -4.72. The molecule has 1 aliphatic heterocycles. The van der Waals surface area contributed by atoms with Crippen LogP contribution in [0.4, 0.5) is 24.5 Å². The highest BCUT2D eigenvalue weighted by Crippen LogP contribution is 2.67. The van der Waals surface area contributed by atoms with Crippen LogP contribution in [0.5, 0.6) is 0 Å². The molecule has 1 heterocycles. The Balaban J connectivity index is 1.22. The smallest absolute Gasteiger partial charge is 0.321 e. The van der Waals surface area contributed by atoms with Gasteiger partial charge in [0.15, 0.2) is 0 Å². The number of benzene rings is 4. The zero-order chi connectivity index (χ0) is 28.7. The Morgan fingerprint density at radius 2 is 1.32 bits per heavy atom. The maximum absolute atomic E-state index is 14.2. The van der Waals surface area contributed by atoms with Crippen LogP contribution in [-0.4, -0.2) is 17.7 Å². The first-order valence-electron chi connectivity index (χ1n) is 13.3. The van der Waals surface area contributed by atoms with Crippen LogP contribution >= 0.6 is 0 Å². The standard InChI is InChI=1S/C33H23F3N2O3/c1-32-27-22-10-4-2-8-20(22)26(21-9-3-5-11-23(21)27)28(32)30(40)38(31(32)41)19-16-14-18(15-17-19)29(39)37-25-13-7-6-12-24(25)33(34,35)36/h2-17,26-28H,1H3,(H,37,39)/t26?,27?,28-,32-/m0/s1. The molecule has 204 valence electrons. The number of anilines is 2. The fourth-order valence-corrected chi connectivity index (χ4v) is 7.16. The lowest BCUT2D eigenvalue weighted by atomic mass is 9.48. The highest BCUT2D eigenvalue weighted by atomic mass is 19.4. The lowest BCUT2D eigenvalue weighted by molar-refractivity contribution is -0.137. The Morgan fingerprint density at radius 3 is 1.90 bits per heavy atom. The molecule has 1 saturated heterocycles. The monoisotopic (exact) mass is 552 g/mol. The van der Waals surface area contributed by atoms with E-state index in [-0.39, 0.29) is 34.9 Å². The number of hydrogen-bond acceptors (Lipinski definition) is 3. The molecule has 4 aromatic carbocycles. The van der Waals surface area contributed by atoms with Crippen molar-refractivity contribution in [1.82, 2.24) is 0 Å². The molecule has 4 aliphatic rings. The summed E-state index contributed by atoms with van der Waals surface area (Å²) in [7, 11) is 0. The molecule has 0 radical (unpaired) electrons. The van der Waals surface area contributed by atoms with Gasteiger partial charge in [-0.25, -0.2) is 4.90 Å². The molecule has 0 unspecified atom stereocenters. The fraction of sp³-hybridized carbons (Fsp3) is 0.182. The van der Waals surface area contributed by atoms with Gasteiger partial charge >= 0.3 is 6.18 Å². The van der Waals surface area contributed by atoms with Crippen LogP contribution in [0.3, 0.4) is 0 Å². The van der Waals surface area contributed by atoms with Crippen molar-refractivity contribution in [2.45, 2.75) is 24.9 Å². The lowest BCUT2D eigenvalue weighted by Gasteiger charge is -2.51. The summed E-state index contributed by atoms with van der Waals surface area (Å²) in [6.07, 6.45) is -4.63. The summed E-state index contributed by atoms with van der Waals surface area (Å²) < 4.78 is 40.1. The van der Waals surface area contributed by atoms with E-state index >= 15 is 0 Å². The fourth-order valence-electron chi connectivity index (χ4n) is 7.16. The molecule has 41 heavy (non-hydrogen) atoms. The van der Waals surface area contributed by atoms with Crippen molar-refractivity contribution < 1.29 is 27.6 Å². The Morgan fingerprint density at radius 1 is 0.780 bits per heavy atom. The Bertz CT molecular complexity index is 1720. The summed E-state index contributed by atoms with van der Waals surface area (Å²) in [5.41, 5.74) is 2.34. The minimum absolute atomic E-state index is 0.0910. The van der Waals surface area contributed by atoms with Gasteiger partial charge in [-0.05, 0) is 65.6 Å². The molecule has 2 atom stereocenters. The first-order chi connectivity index (χ1) is 19.6. The average Bonchev–Trinajstić information content (AvgIpc) is 3.17. The van der Waals surface area contributed by atoms with Gasteiger partial charge in [0.2, 0.25) is 11.8 Å². The van der Waals surface area contributed by atoms with E-state index in [1.54, 1.807) is 0 Å². The third-order valence-electron chi connectivity index (χ3n) is 8.88. The van der Waals surface area contributed by atoms with E-state index < -0.39 is 29.0 Å². The number of nitrogens with one attached hydrogen (secondary N) is 1. The lowest BCUT2D eigenvalue weighted by Crippen LogP contribution is -2.49. The van der Waals surface area contributed by atoms with Crippen LogP contribution in [-0.2, 0) is 15.8 Å². The van der Waals surface area contributed by atoms with E-state index in [4.69, 9.17) is 0 Å². The average molecular weight is 553 g/mol. The molecule has 1 fully saturated rings. The molecule has 3 amide bonds. The van der Waals surface area contributed by atoms with Crippen molar-refractivity contribution >= 4 is 29.1 Å². The van der Waals surface area contributed by atoms with E-state index in [1.807, 2.05) is 55.5 Å². The number of para-hydroxylation sites is 1. The third-order valence-corrected chi connectivity index (χ3v) is 8.88. The number of imide groups is 1. The zero-order valence-electron chi connectivity index (χ0n) is 21.8. The minimum Gasteiger partial charge on any atom is -0.321 e. The maximum atomic E-state index is 14.2.